The molecule has 2 unspecified atom stereocenters. The molecule has 2 heteroatoms. The van der Waals surface area contributed by atoms with Crippen LogP contribution in [-0.2, 0) is 0 Å². The molecule has 0 aromatic carbocycles. The smallest absolute Gasteiger partial charge is 0.00871 e. The summed E-state index contributed by atoms with van der Waals surface area (Å²) in [6.45, 7) is 13.2. The summed E-state index contributed by atoms with van der Waals surface area (Å²) < 4.78 is 0. The summed E-state index contributed by atoms with van der Waals surface area (Å²) in [7, 11) is 2.20. The van der Waals surface area contributed by atoms with Gasteiger partial charge in [0.1, 0.15) is 0 Å². The van der Waals surface area contributed by atoms with Crippen LogP contribution in [0.25, 0.3) is 0 Å². The van der Waals surface area contributed by atoms with Crippen LogP contribution >= 0.6 is 0 Å². The molecular weight excluding hydrogens is 172 g/mol. The molecule has 0 bridgehead atoms. The van der Waals surface area contributed by atoms with Crippen LogP contribution in [0, 0.1) is 11.3 Å². The highest BCUT2D eigenvalue weighted by Gasteiger charge is 2.24. The fraction of sp³-hybridized carbons (Fsp3) is 1.00. The topological polar surface area (TPSA) is 29.3 Å². The maximum Gasteiger partial charge on any atom is 0.00871 e. The summed E-state index contributed by atoms with van der Waals surface area (Å²) in [5.74, 6) is 0.707. The average molecular weight is 200 g/mol. The lowest BCUT2D eigenvalue weighted by Gasteiger charge is -2.36. The minimum Gasteiger partial charge on any atom is -0.330 e. The van der Waals surface area contributed by atoms with Gasteiger partial charge in [-0.05, 0) is 38.3 Å². The third-order valence-electron chi connectivity index (χ3n) is 3.64. The Bertz CT molecular complexity index is 150. The van der Waals surface area contributed by atoms with Gasteiger partial charge in [-0.25, -0.2) is 0 Å². The highest BCUT2D eigenvalue weighted by atomic mass is 15.1. The van der Waals surface area contributed by atoms with Crippen molar-refractivity contribution in [3.8, 4) is 0 Å². The lowest BCUT2D eigenvalue weighted by Crippen LogP contribution is -2.43. The second-order valence-electron chi connectivity index (χ2n) is 5.27. The maximum atomic E-state index is 5.82. The number of hydrogen-bond donors (Lipinski definition) is 1. The highest BCUT2D eigenvalue weighted by Crippen LogP contribution is 2.22. The summed E-state index contributed by atoms with van der Waals surface area (Å²) in [6, 6.07) is 0.632. The summed E-state index contributed by atoms with van der Waals surface area (Å²) in [6.07, 6.45) is 1.15. The van der Waals surface area contributed by atoms with Gasteiger partial charge in [0.2, 0.25) is 0 Å². The first-order valence-electron chi connectivity index (χ1n) is 5.76. The molecule has 0 saturated carbocycles. The van der Waals surface area contributed by atoms with Gasteiger partial charge in [-0.2, -0.15) is 0 Å². The van der Waals surface area contributed by atoms with Crippen molar-refractivity contribution in [1.82, 2.24) is 4.90 Å². The van der Waals surface area contributed by atoms with Crippen LogP contribution < -0.4 is 5.73 Å². The lowest BCUT2D eigenvalue weighted by molar-refractivity contribution is 0.131. The van der Waals surface area contributed by atoms with Crippen molar-refractivity contribution in [1.29, 1.82) is 0 Å². The first kappa shape index (κ1) is 13.9. The highest BCUT2D eigenvalue weighted by molar-refractivity contribution is 4.79. The van der Waals surface area contributed by atoms with Crippen LogP contribution in [0.4, 0.5) is 0 Å². The van der Waals surface area contributed by atoms with Gasteiger partial charge in [0.15, 0.2) is 0 Å². The third-order valence-corrected chi connectivity index (χ3v) is 3.64. The lowest BCUT2D eigenvalue weighted by atomic mass is 9.86. The minimum absolute atomic E-state index is 0.276. The molecule has 0 amide bonds. The first-order chi connectivity index (χ1) is 6.36. The standard InChI is InChI=1S/C12H28N2/c1-7-12(5,8-13)9-14(6)11(4)10(2)3/h10-11H,7-9,13H2,1-6H3. The van der Waals surface area contributed by atoms with Crippen LogP contribution in [0.15, 0.2) is 0 Å². The van der Waals surface area contributed by atoms with Crippen molar-refractivity contribution in [2.45, 2.75) is 47.1 Å². The zero-order valence-corrected chi connectivity index (χ0v) is 10.8. The average Bonchev–Trinajstić information content (AvgIpc) is 2.16. The van der Waals surface area contributed by atoms with E-state index in [1.54, 1.807) is 0 Å². The molecule has 0 aliphatic heterocycles. The Kier molecular flexibility index (Phi) is 5.68. The minimum atomic E-state index is 0.276. The normalized spacial score (nSPS) is 18.6. The first-order valence-corrected chi connectivity index (χ1v) is 5.76. The van der Waals surface area contributed by atoms with Gasteiger partial charge in [-0.1, -0.05) is 27.7 Å². The van der Waals surface area contributed by atoms with E-state index in [1.165, 1.54) is 0 Å². The van der Waals surface area contributed by atoms with Gasteiger partial charge in [-0.3, -0.25) is 0 Å². The molecule has 0 saturated heterocycles. The molecule has 86 valence electrons. The number of rotatable bonds is 6. The van der Waals surface area contributed by atoms with Crippen LogP contribution in [0.2, 0.25) is 0 Å². The Morgan fingerprint density at radius 1 is 1.29 bits per heavy atom. The second kappa shape index (κ2) is 5.72. The fourth-order valence-corrected chi connectivity index (χ4v) is 1.58. The summed E-state index contributed by atoms with van der Waals surface area (Å²) in [4.78, 5) is 2.43. The maximum absolute atomic E-state index is 5.82. The molecule has 0 spiro atoms. The molecule has 0 heterocycles. The van der Waals surface area contributed by atoms with Gasteiger partial charge in [0.25, 0.3) is 0 Å². The van der Waals surface area contributed by atoms with Crippen molar-refractivity contribution < 1.29 is 0 Å². The molecule has 2 nitrogen and oxygen atoms in total. The monoisotopic (exact) mass is 200 g/mol. The fourth-order valence-electron chi connectivity index (χ4n) is 1.58. The Morgan fingerprint density at radius 3 is 2.07 bits per heavy atom. The van der Waals surface area contributed by atoms with Crippen LogP contribution in [-0.4, -0.2) is 31.1 Å². The van der Waals surface area contributed by atoms with E-state index < -0.39 is 0 Å². The van der Waals surface area contributed by atoms with Gasteiger partial charge < -0.3 is 10.6 Å². The molecule has 0 fully saturated rings. The summed E-state index contributed by atoms with van der Waals surface area (Å²) >= 11 is 0. The number of nitrogens with zero attached hydrogens (tertiary/aromatic N) is 1. The van der Waals surface area contributed by atoms with E-state index in [4.69, 9.17) is 5.73 Å². The SMILES string of the molecule is CCC(C)(CN)CN(C)C(C)C(C)C. The summed E-state index contributed by atoms with van der Waals surface area (Å²) in [5, 5.41) is 0. The summed E-state index contributed by atoms with van der Waals surface area (Å²) in [5.41, 5.74) is 6.09. The van der Waals surface area contributed by atoms with Crippen molar-refractivity contribution >= 4 is 0 Å². The quantitative estimate of drug-likeness (QED) is 0.713. The molecule has 0 aromatic heterocycles. The van der Waals surface area contributed by atoms with Gasteiger partial charge in [0.05, 0.1) is 0 Å². The third kappa shape index (κ3) is 3.97. The van der Waals surface area contributed by atoms with E-state index >= 15 is 0 Å². The largest absolute Gasteiger partial charge is 0.330 e. The Hall–Kier alpha value is -0.0800. The predicted molar refractivity (Wildman–Crippen MR) is 64.4 cm³/mol. The zero-order valence-electron chi connectivity index (χ0n) is 10.8. The van der Waals surface area contributed by atoms with Crippen molar-refractivity contribution in [3.05, 3.63) is 0 Å². The zero-order chi connectivity index (χ0) is 11.4. The van der Waals surface area contributed by atoms with Crippen LogP contribution in [0.1, 0.15) is 41.0 Å². The van der Waals surface area contributed by atoms with Crippen LogP contribution in [0.3, 0.4) is 0 Å². The van der Waals surface area contributed by atoms with E-state index in [1.807, 2.05) is 0 Å². The second-order valence-corrected chi connectivity index (χ2v) is 5.27. The van der Waals surface area contributed by atoms with E-state index in [2.05, 4.69) is 46.6 Å². The molecule has 14 heavy (non-hydrogen) atoms. The number of nitrogens with two attached hydrogens (primary N) is 1. The number of hydrogen-bond acceptors (Lipinski definition) is 2. The molecule has 2 atom stereocenters. The van der Waals surface area contributed by atoms with Gasteiger partial charge in [0, 0.05) is 12.6 Å². The Morgan fingerprint density at radius 2 is 1.79 bits per heavy atom. The molecule has 2 N–H and O–H groups in total. The molecule has 0 aromatic rings. The van der Waals surface area contributed by atoms with Crippen molar-refractivity contribution in [2.75, 3.05) is 20.1 Å². The van der Waals surface area contributed by atoms with Crippen molar-refractivity contribution in [2.24, 2.45) is 17.1 Å². The molecule has 0 aliphatic rings. The van der Waals surface area contributed by atoms with Gasteiger partial charge >= 0.3 is 0 Å². The van der Waals surface area contributed by atoms with Crippen molar-refractivity contribution in [3.63, 3.8) is 0 Å². The van der Waals surface area contributed by atoms with Gasteiger partial charge in [-0.15, -0.1) is 0 Å². The predicted octanol–water partition coefficient (Wildman–Crippen LogP) is 2.34. The van der Waals surface area contributed by atoms with E-state index in [-0.39, 0.29) is 5.41 Å². The molecular formula is C12H28N2. The Balaban J connectivity index is 4.22. The van der Waals surface area contributed by atoms with E-state index in [0.717, 1.165) is 19.5 Å². The van der Waals surface area contributed by atoms with Crippen LogP contribution in [0.5, 0.6) is 0 Å². The van der Waals surface area contributed by atoms with E-state index in [9.17, 15) is 0 Å². The molecule has 0 radical (unpaired) electrons. The van der Waals surface area contributed by atoms with E-state index in [0.29, 0.717) is 12.0 Å². The molecule has 0 rings (SSSR count). The molecule has 0 aliphatic carbocycles. The Labute approximate surface area is 89.9 Å².